The summed E-state index contributed by atoms with van der Waals surface area (Å²) < 4.78 is 3.66. The number of rotatable bonds is 2. The maximum atomic E-state index is 7.32. The van der Waals surface area contributed by atoms with E-state index in [-0.39, 0.29) is 0 Å². The van der Waals surface area contributed by atoms with Gasteiger partial charge >= 0.3 is 0 Å². The fourth-order valence-electron chi connectivity index (χ4n) is 3.40. The second-order valence-electron chi connectivity index (χ2n) is 5.74. The smallest absolute Gasteiger partial charge is 0.124 e. The number of aromatic nitrogens is 3. The number of thiophene rings is 1. The molecule has 134 valence electrons. The van der Waals surface area contributed by atoms with Crippen LogP contribution in [-0.2, 0) is 6.54 Å². The van der Waals surface area contributed by atoms with Gasteiger partial charge in [-0.3, -0.25) is 4.98 Å². The number of pyridine rings is 1. The molecule has 5 nitrogen and oxygen atoms in total. The van der Waals surface area contributed by atoms with E-state index in [1.807, 2.05) is 6.20 Å². The minimum absolute atomic E-state index is 0.498. The molecule has 1 aliphatic rings. The van der Waals surface area contributed by atoms with Crippen LogP contribution in [0.4, 0.5) is 0 Å². The molecule has 3 aromatic rings. The lowest BCUT2D eigenvalue weighted by molar-refractivity contribution is 0.353. The maximum absolute atomic E-state index is 7.32. The fourth-order valence-corrected chi connectivity index (χ4v) is 4.29. The summed E-state index contributed by atoms with van der Waals surface area (Å²) in [6.45, 7) is 1.93. The summed E-state index contributed by atoms with van der Waals surface area (Å²) in [7, 11) is 0. The summed E-state index contributed by atoms with van der Waals surface area (Å²) in [5.41, 5.74) is 9.25. The predicted molar refractivity (Wildman–Crippen MR) is 109 cm³/mol. The molecule has 0 spiro atoms. The minimum Gasteiger partial charge on any atom is -0.324 e. The Labute approximate surface area is 158 Å². The van der Waals surface area contributed by atoms with Crippen molar-refractivity contribution in [2.75, 3.05) is 6.26 Å². The van der Waals surface area contributed by atoms with Crippen LogP contribution in [0.5, 0.6) is 0 Å². The van der Waals surface area contributed by atoms with Crippen molar-refractivity contribution in [3.63, 3.8) is 0 Å². The van der Waals surface area contributed by atoms with Crippen molar-refractivity contribution >= 4 is 45.2 Å². The van der Waals surface area contributed by atoms with Gasteiger partial charge in [0, 0.05) is 13.0 Å². The van der Waals surface area contributed by atoms with E-state index >= 15 is 0 Å². The Morgan fingerprint density at radius 2 is 2.00 bits per heavy atom. The van der Waals surface area contributed by atoms with E-state index in [1.165, 1.54) is 49.2 Å². The lowest BCUT2D eigenvalue weighted by Crippen LogP contribution is -2.17. The lowest BCUT2D eigenvalue weighted by Gasteiger charge is -2.25. The van der Waals surface area contributed by atoms with E-state index in [9.17, 15) is 0 Å². The highest BCUT2D eigenvalue weighted by Crippen LogP contribution is 2.36. The van der Waals surface area contributed by atoms with Crippen molar-refractivity contribution in [1.29, 1.82) is 5.26 Å². The van der Waals surface area contributed by atoms with Gasteiger partial charge in [-0.15, -0.1) is 11.3 Å². The van der Waals surface area contributed by atoms with Gasteiger partial charge in [-0.2, -0.15) is 17.9 Å². The van der Waals surface area contributed by atoms with Crippen molar-refractivity contribution < 1.29 is 0 Å². The molecule has 0 aliphatic heterocycles. The van der Waals surface area contributed by atoms with Crippen LogP contribution < -0.4 is 5.73 Å². The van der Waals surface area contributed by atoms with Gasteiger partial charge in [-0.25, -0.2) is 4.98 Å². The Kier molecular flexibility index (Phi) is 7.69. The largest absolute Gasteiger partial charge is 0.324 e. The third-order valence-corrected chi connectivity index (χ3v) is 5.23. The Hall–Kier alpha value is -1.62. The van der Waals surface area contributed by atoms with E-state index in [0.29, 0.717) is 12.6 Å². The highest BCUT2D eigenvalue weighted by molar-refractivity contribution is 7.79. The summed E-state index contributed by atoms with van der Waals surface area (Å²) in [6.07, 6.45) is 10.1. The van der Waals surface area contributed by atoms with Gasteiger partial charge in [0.25, 0.3) is 0 Å². The van der Waals surface area contributed by atoms with Gasteiger partial charge in [0.2, 0.25) is 0 Å². The molecule has 0 aromatic carbocycles. The number of imidazole rings is 1. The second kappa shape index (κ2) is 9.76. The molecular weight excluding hydrogens is 350 g/mol. The standard InChI is InChI=1S/C15H18N4S.C2H3N.CH4S/c16-8-13-18-12-9-17-11-6-7-20-15(11)14(12)19(13)10-4-2-1-3-5-10;1-2-3;1-2/h6-7,9-10H,1-5,8,16H2;1H3;2H,1H3. The van der Waals surface area contributed by atoms with E-state index in [1.54, 1.807) is 23.7 Å². The van der Waals surface area contributed by atoms with Gasteiger partial charge in [-0.05, 0) is 30.5 Å². The summed E-state index contributed by atoms with van der Waals surface area (Å²) in [5, 5.41) is 9.43. The molecule has 0 saturated heterocycles. The predicted octanol–water partition coefficient (Wildman–Crippen LogP) is 4.69. The molecule has 4 rings (SSSR count). The molecule has 0 amide bonds. The monoisotopic (exact) mass is 375 g/mol. The van der Waals surface area contributed by atoms with E-state index in [0.717, 1.165) is 16.9 Å². The lowest BCUT2D eigenvalue weighted by atomic mass is 9.95. The highest BCUT2D eigenvalue weighted by Gasteiger charge is 2.22. The number of nitriles is 1. The number of nitrogens with two attached hydrogens (primary N) is 1. The first-order valence-corrected chi connectivity index (χ1v) is 10.3. The van der Waals surface area contributed by atoms with Crippen LogP contribution in [0.15, 0.2) is 17.6 Å². The van der Waals surface area contributed by atoms with Crippen molar-refractivity contribution in [1.82, 2.24) is 14.5 Å². The summed E-state index contributed by atoms with van der Waals surface area (Å²) in [4.78, 5) is 9.22. The van der Waals surface area contributed by atoms with Crippen LogP contribution >= 0.6 is 24.0 Å². The van der Waals surface area contributed by atoms with Gasteiger partial charge < -0.3 is 10.3 Å². The average Bonchev–Trinajstić information content (AvgIpc) is 3.28. The number of nitrogens with zero attached hydrogens (tertiary/aromatic N) is 4. The average molecular weight is 376 g/mol. The van der Waals surface area contributed by atoms with Crippen molar-refractivity contribution in [3.05, 3.63) is 23.5 Å². The van der Waals surface area contributed by atoms with Crippen LogP contribution in [0, 0.1) is 11.3 Å². The van der Waals surface area contributed by atoms with Gasteiger partial charge in [0.1, 0.15) is 11.3 Å². The van der Waals surface area contributed by atoms with Crippen LogP contribution in [0.25, 0.3) is 21.3 Å². The third-order valence-electron chi connectivity index (χ3n) is 4.32. The Bertz CT molecular complexity index is 840. The van der Waals surface area contributed by atoms with Crippen LogP contribution in [0.3, 0.4) is 0 Å². The number of thiol groups is 1. The van der Waals surface area contributed by atoms with Crippen LogP contribution in [-0.4, -0.2) is 20.8 Å². The van der Waals surface area contributed by atoms with E-state index in [4.69, 9.17) is 16.0 Å². The summed E-state index contributed by atoms with van der Waals surface area (Å²) >= 11 is 5.28. The molecule has 0 atom stereocenters. The minimum atomic E-state index is 0.498. The normalized spacial score (nSPS) is 14.4. The third kappa shape index (κ3) is 4.14. The zero-order valence-electron chi connectivity index (χ0n) is 14.8. The number of hydrogen-bond donors (Lipinski definition) is 2. The number of fused-ring (bicyclic) bond motifs is 3. The summed E-state index contributed by atoms with van der Waals surface area (Å²) in [5.74, 6) is 1.01. The molecule has 3 aromatic heterocycles. The van der Waals surface area contributed by atoms with E-state index < -0.39 is 0 Å². The zero-order chi connectivity index (χ0) is 18.2. The molecule has 0 bridgehead atoms. The first kappa shape index (κ1) is 19.7. The molecule has 25 heavy (non-hydrogen) atoms. The second-order valence-corrected chi connectivity index (χ2v) is 6.66. The van der Waals surface area contributed by atoms with Crippen molar-refractivity contribution in [3.8, 4) is 6.07 Å². The number of hydrogen-bond acceptors (Lipinski definition) is 6. The molecule has 0 radical (unpaired) electrons. The SMILES string of the molecule is CC#N.CS.NCc1nc2cnc3ccsc3c2n1C1CCCCC1. The quantitative estimate of drug-likeness (QED) is 0.637. The Morgan fingerprint density at radius 3 is 2.64 bits per heavy atom. The first-order valence-electron chi connectivity index (χ1n) is 8.48. The molecule has 7 heteroatoms. The zero-order valence-corrected chi connectivity index (χ0v) is 16.5. The van der Waals surface area contributed by atoms with Crippen LogP contribution in [0.1, 0.15) is 50.9 Å². The van der Waals surface area contributed by atoms with Crippen molar-refractivity contribution in [2.24, 2.45) is 5.73 Å². The fraction of sp³-hybridized carbons (Fsp3) is 0.500. The Morgan fingerprint density at radius 1 is 1.32 bits per heavy atom. The maximum Gasteiger partial charge on any atom is 0.124 e. The molecule has 3 heterocycles. The molecule has 2 N–H and O–H groups in total. The Balaban J connectivity index is 0.000000410. The molecule has 0 unspecified atom stereocenters. The molecular formula is C18H25N5S2. The van der Waals surface area contributed by atoms with Crippen molar-refractivity contribution in [2.45, 2.75) is 51.6 Å². The van der Waals surface area contributed by atoms with E-state index in [2.05, 4.69) is 33.6 Å². The van der Waals surface area contributed by atoms with Crippen LogP contribution in [0.2, 0.25) is 0 Å². The first-order chi connectivity index (χ1) is 12.3. The summed E-state index contributed by atoms with van der Waals surface area (Å²) in [6, 6.07) is 4.39. The molecule has 1 saturated carbocycles. The topological polar surface area (TPSA) is 80.5 Å². The van der Waals surface area contributed by atoms with Gasteiger partial charge in [-0.1, -0.05) is 19.3 Å². The van der Waals surface area contributed by atoms with Gasteiger partial charge in [0.15, 0.2) is 0 Å². The van der Waals surface area contributed by atoms with Gasteiger partial charge in [0.05, 0.1) is 34.5 Å². The highest BCUT2D eigenvalue weighted by atomic mass is 32.1. The molecule has 1 aliphatic carbocycles. The molecule has 1 fully saturated rings.